The van der Waals surface area contributed by atoms with Gasteiger partial charge >= 0.3 is 0 Å². The smallest absolute Gasteiger partial charge is 0.289 e. The van der Waals surface area contributed by atoms with Gasteiger partial charge in [0.1, 0.15) is 12.0 Å². The number of aromatic nitrogens is 1. The van der Waals surface area contributed by atoms with Gasteiger partial charge in [-0.1, -0.05) is 11.6 Å². The third-order valence-electron chi connectivity index (χ3n) is 2.84. The van der Waals surface area contributed by atoms with Gasteiger partial charge in [-0.25, -0.2) is 13.4 Å². The average Bonchev–Trinajstić information content (AvgIpc) is 2.30. The molecule has 1 aliphatic heterocycles. The van der Waals surface area contributed by atoms with Crippen LogP contribution in [0.5, 0.6) is 0 Å². The molecular formula is C10H12ClN3O4S. The Bertz CT molecular complexity index is 605. The molecule has 1 N–H and O–H groups in total. The number of hydrogen-bond donors (Lipinski definition) is 1. The summed E-state index contributed by atoms with van der Waals surface area (Å²) in [4.78, 5) is 13.8. The van der Waals surface area contributed by atoms with Crippen molar-refractivity contribution < 1.29 is 13.3 Å². The molecule has 2 heterocycles. The number of halogens is 1. The van der Waals surface area contributed by atoms with Crippen molar-refractivity contribution in [3.05, 3.63) is 27.4 Å². The lowest BCUT2D eigenvalue weighted by Crippen LogP contribution is -2.35. The van der Waals surface area contributed by atoms with Crippen molar-refractivity contribution in [1.82, 2.24) is 4.98 Å². The second kappa shape index (κ2) is 5.30. The van der Waals surface area contributed by atoms with E-state index < -0.39 is 14.8 Å². The molecule has 1 aliphatic rings. The predicted octanol–water partition coefficient (Wildman–Crippen LogP) is 1.63. The maximum absolute atomic E-state index is 11.5. The largest absolute Gasteiger partial charge is 0.365 e. The quantitative estimate of drug-likeness (QED) is 0.672. The zero-order valence-corrected chi connectivity index (χ0v) is 11.4. The molecule has 1 atom stereocenters. The molecule has 0 amide bonds. The molecule has 1 aromatic heterocycles. The predicted molar refractivity (Wildman–Crippen MR) is 71.2 cm³/mol. The van der Waals surface area contributed by atoms with E-state index in [2.05, 4.69) is 10.3 Å². The van der Waals surface area contributed by atoms with E-state index in [1.54, 1.807) is 0 Å². The number of sulfone groups is 1. The van der Waals surface area contributed by atoms with Gasteiger partial charge in [0.15, 0.2) is 9.84 Å². The topological polar surface area (TPSA) is 102 Å². The molecule has 1 aromatic rings. The number of nitro groups is 1. The molecule has 1 saturated heterocycles. The van der Waals surface area contributed by atoms with Crippen LogP contribution >= 0.6 is 11.6 Å². The van der Waals surface area contributed by atoms with Crippen molar-refractivity contribution in [1.29, 1.82) is 0 Å². The van der Waals surface area contributed by atoms with Crippen LogP contribution < -0.4 is 5.32 Å². The second-order valence-corrected chi connectivity index (χ2v) is 7.01. The van der Waals surface area contributed by atoms with E-state index in [4.69, 9.17) is 11.6 Å². The maximum atomic E-state index is 11.5. The van der Waals surface area contributed by atoms with Gasteiger partial charge in [-0.15, -0.1) is 0 Å². The summed E-state index contributed by atoms with van der Waals surface area (Å²) in [7, 11) is -3.03. The summed E-state index contributed by atoms with van der Waals surface area (Å²) < 4.78 is 23.0. The molecule has 1 unspecified atom stereocenters. The van der Waals surface area contributed by atoms with E-state index in [0.717, 1.165) is 6.20 Å². The van der Waals surface area contributed by atoms with Crippen LogP contribution in [0.2, 0.25) is 5.02 Å². The summed E-state index contributed by atoms with van der Waals surface area (Å²) in [5.74, 6) is 0.503. The highest BCUT2D eigenvalue weighted by Crippen LogP contribution is 2.26. The van der Waals surface area contributed by atoms with Crippen LogP contribution in [-0.4, -0.2) is 35.9 Å². The third-order valence-corrected chi connectivity index (χ3v) is 4.95. The molecule has 9 heteroatoms. The van der Waals surface area contributed by atoms with Gasteiger partial charge in [-0.2, -0.15) is 0 Å². The van der Waals surface area contributed by atoms with E-state index in [9.17, 15) is 18.5 Å². The molecule has 1 fully saturated rings. The first-order valence-electron chi connectivity index (χ1n) is 5.64. The first kappa shape index (κ1) is 14.0. The first-order valence-corrected chi connectivity index (χ1v) is 7.84. The molecule has 0 radical (unpaired) electrons. The lowest BCUT2D eigenvalue weighted by molar-refractivity contribution is -0.385. The van der Waals surface area contributed by atoms with E-state index in [1.165, 1.54) is 6.07 Å². The fourth-order valence-corrected chi connectivity index (χ4v) is 3.82. The van der Waals surface area contributed by atoms with Gasteiger partial charge in [0.05, 0.1) is 21.5 Å². The minimum Gasteiger partial charge on any atom is -0.365 e. The fourth-order valence-electron chi connectivity index (χ4n) is 1.96. The van der Waals surface area contributed by atoms with E-state index in [-0.39, 0.29) is 34.1 Å². The summed E-state index contributed by atoms with van der Waals surface area (Å²) in [6.07, 6.45) is 2.38. The van der Waals surface area contributed by atoms with Crippen LogP contribution in [0.4, 0.5) is 11.5 Å². The molecule has 7 nitrogen and oxygen atoms in total. The van der Waals surface area contributed by atoms with E-state index in [0.29, 0.717) is 12.8 Å². The molecule has 0 bridgehead atoms. The molecule has 2 rings (SSSR count). The van der Waals surface area contributed by atoms with Gasteiger partial charge in [-0.3, -0.25) is 10.1 Å². The zero-order chi connectivity index (χ0) is 14.0. The summed E-state index contributed by atoms with van der Waals surface area (Å²) in [6, 6.07) is 0.930. The van der Waals surface area contributed by atoms with E-state index in [1.807, 2.05) is 0 Å². The number of anilines is 1. The maximum Gasteiger partial charge on any atom is 0.289 e. The number of nitrogens with one attached hydrogen (secondary N) is 1. The minimum absolute atomic E-state index is 0.0298. The number of nitrogens with zero attached hydrogens (tertiary/aromatic N) is 2. The van der Waals surface area contributed by atoms with Crippen LogP contribution in [0.3, 0.4) is 0 Å². The molecule has 0 aromatic carbocycles. The monoisotopic (exact) mass is 305 g/mol. The van der Waals surface area contributed by atoms with Crippen molar-refractivity contribution in [2.45, 2.75) is 18.9 Å². The molecule has 0 aliphatic carbocycles. The Morgan fingerprint density at radius 3 is 2.84 bits per heavy atom. The summed E-state index contributed by atoms with van der Waals surface area (Å²) in [5, 5.41) is 13.6. The minimum atomic E-state index is -3.03. The van der Waals surface area contributed by atoms with Crippen molar-refractivity contribution in [3.63, 3.8) is 0 Å². The van der Waals surface area contributed by atoms with Gasteiger partial charge < -0.3 is 5.32 Å². The summed E-state index contributed by atoms with van der Waals surface area (Å²) in [5.41, 5.74) is -0.202. The highest BCUT2D eigenvalue weighted by atomic mass is 35.5. The standard InChI is InChI=1S/C10H12ClN3O4S/c11-9-4-8(14(15)16)5-12-10(9)13-7-2-1-3-19(17,18)6-7/h4-5,7H,1-3,6H2,(H,12,13). The van der Waals surface area contributed by atoms with Crippen LogP contribution in [0.15, 0.2) is 12.3 Å². The number of rotatable bonds is 3. The van der Waals surface area contributed by atoms with Gasteiger partial charge in [0.2, 0.25) is 0 Å². The SMILES string of the molecule is O=[N+]([O-])c1cnc(NC2CCCS(=O)(=O)C2)c(Cl)c1. The van der Waals surface area contributed by atoms with Crippen LogP contribution in [0, 0.1) is 10.1 Å². The van der Waals surface area contributed by atoms with Crippen LogP contribution in [0.25, 0.3) is 0 Å². The Kier molecular flexibility index (Phi) is 3.91. The van der Waals surface area contributed by atoms with Crippen LogP contribution in [-0.2, 0) is 9.84 Å². The van der Waals surface area contributed by atoms with Gasteiger partial charge in [0.25, 0.3) is 5.69 Å². The highest BCUT2D eigenvalue weighted by molar-refractivity contribution is 7.91. The average molecular weight is 306 g/mol. The second-order valence-electron chi connectivity index (χ2n) is 4.38. The summed E-state index contributed by atoms with van der Waals surface area (Å²) in [6.45, 7) is 0. The molecule has 19 heavy (non-hydrogen) atoms. The Labute approximate surface area is 115 Å². The lowest BCUT2D eigenvalue weighted by Gasteiger charge is -2.23. The Morgan fingerprint density at radius 2 is 2.26 bits per heavy atom. The Hall–Kier alpha value is -1.41. The van der Waals surface area contributed by atoms with Gasteiger partial charge in [0, 0.05) is 12.1 Å². The van der Waals surface area contributed by atoms with Gasteiger partial charge in [-0.05, 0) is 12.8 Å². The zero-order valence-electron chi connectivity index (χ0n) is 9.87. The Morgan fingerprint density at radius 1 is 1.53 bits per heavy atom. The van der Waals surface area contributed by atoms with Crippen molar-refractivity contribution >= 4 is 32.9 Å². The fraction of sp³-hybridized carbons (Fsp3) is 0.500. The summed E-state index contributed by atoms with van der Waals surface area (Å²) >= 11 is 5.88. The lowest BCUT2D eigenvalue weighted by atomic mass is 10.2. The highest BCUT2D eigenvalue weighted by Gasteiger charge is 2.25. The van der Waals surface area contributed by atoms with Crippen molar-refractivity contribution in [2.75, 3.05) is 16.8 Å². The van der Waals surface area contributed by atoms with Crippen molar-refractivity contribution in [3.8, 4) is 0 Å². The Balaban J connectivity index is 2.13. The number of hydrogen-bond acceptors (Lipinski definition) is 6. The number of pyridine rings is 1. The molecule has 0 spiro atoms. The van der Waals surface area contributed by atoms with E-state index >= 15 is 0 Å². The first-order chi connectivity index (χ1) is 8.87. The third kappa shape index (κ3) is 3.54. The normalized spacial score (nSPS) is 21.8. The van der Waals surface area contributed by atoms with Crippen molar-refractivity contribution in [2.24, 2.45) is 0 Å². The molecular weight excluding hydrogens is 294 g/mol. The molecule has 0 saturated carbocycles. The van der Waals surface area contributed by atoms with Crippen LogP contribution in [0.1, 0.15) is 12.8 Å². The molecule has 104 valence electrons.